The number of benzene rings is 1. The van der Waals surface area contributed by atoms with E-state index in [1.165, 1.54) is 0 Å². The lowest BCUT2D eigenvalue weighted by molar-refractivity contribution is -0.137. The summed E-state index contributed by atoms with van der Waals surface area (Å²) in [5, 5.41) is 7.04. The monoisotopic (exact) mass is 425 g/mol. The van der Waals surface area contributed by atoms with Gasteiger partial charge in [0.15, 0.2) is 0 Å². The highest BCUT2D eigenvalue weighted by Gasteiger charge is 2.31. The Kier molecular flexibility index (Phi) is 7.83. The highest BCUT2D eigenvalue weighted by atomic mass is 16.5. The summed E-state index contributed by atoms with van der Waals surface area (Å²) in [5.74, 6) is 0.674. The Morgan fingerprint density at radius 2 is 2.19 bits per heavy atom. The molecule has 2 amide bonds. The van der Waals surface area contributed by atoms with Gasteiger partial charge in [0.05, 0.1) is 25.8 Å². The molecule has 1 atom stereocenters. The minimum atomic E-state index is -0.468. The van der Waals surface area contributed by atoms with Gasteiger partial charge in [-0.15, -0.1) is 0 Å². The summed E-state index contributed by atoms with van der Waals surface area (Å²) in [4.78, 5) is 29.0. The van der Waals surface area contributed by atoms with Gasteiger partial charge in [0.2, 0.25) is 11.8 Å². The predicted molar refractivity (Wildman–Crippen MR) is 120 cm³/mol. The summed E-state index contributed by atoms with van der Waals surface area (Å²) in [5.41, 5.74) is 2.06. The summed E-state index contributed by atoms with van der Waals surface area (Å²) >= 11 is 0. The number of nitrogens with one attached hydrogen (secondary N) is 1. The number of para-hydroxylation sites is 1. The Morgan fingerprint density at radius 3 is 2.94 bits per heavy atom. The van der Waals surface area contributed by atoms with Crippen LogP contribution >= 0.6 is 0 Å². The topological polar surface area (TPSA) is 79.7 Å². The molecule has 166 valence electrons. The van der Waals surface area contributed by atoms with Crippen molar-refractivity contribution in [2.24, 2.45) is 7.05 Å². The number of ether oxygens (including phenoxy) is 1. The number of likely N-dealkylation sites (N-methyl/N-ethyl adjacent to an activating group) is 1. The van der Waals surface area contributed by atoms with Crippen LogP contribution in [-0.2, 0) is 23.1 Å². The van der Waals surface area contributed by atoms with E-state index >= 15 is 0 Å². The lowest BCUT2D eigenvalue weighted by Crippen LogP contribution is -2.56. The molecule has 1 aliphatic rings. The first-order chi connectivity index (χ1) is 15.0. The van der Waals surface area contributed by atoms with Gasteiger partial charge in [0.25, 0.3) is 0 Å². The van der Waals surface area contributed by atoms with E-state index < -0.39 is 6.04 Å². The summed E-state index contributed by atoms with van der Waals surface area (Å²) in [6.45, 7) is 2.47. The van der Waals surface area contributed by atoms with Gasteiger partial charge in [-0.3, -0.25) is 19.2 Å². The highest BCUT2D eigenvalue weighted by molar-refractivity contribution is 5.88. The van der Waals surface area contributed by atoms with Gasteiger partial charge < -0.3 is 15.0 Å². The lowest BCUT2D eigenvalue weighted by Gasteiger charge is -2.34. The van der Waals surface area contributed by atoms with E-state index in [-0.39, 0.29) is 18.2 Å². The third-order valence-corrected chi connectivity index (χ3v) is 5.51. The second kappa shape index (κ2) is 10.8. The van der Waals surface area contributed by atoms with Crippen LogP contribution in [0.4, 0.5) is 0 Å². The maximum Gasteiger partial charge on any atom is 0.237 e. The molecule has 1 aromatic carbocycles. The fourth-order valence-corrected chi connectivity index (χ4v) is 3.67. The van der Waals surface area contributed by atoms with Crippen LogP contribution in [0.25, 0.3) is 6.08 Å². The van der Waals surface area contributed by atoms with Crippen molar-refractivity contribution in [2.45, 2.75) is 18.9 Å². The summed E-state index contributed by atoms with van der Waals surface area (Å²) in [6, 6.07) is 7.31. The second-order valence-electron chi connectivity index (χ2n) is 7.74. The second-order valence-corrected chi connectivity index (χ2v) is 7.74. The number of piperazine rings is 1. The summed E-state index contributed by atoms with van der Waals surface area (Å²) < 4.78 is 7.13. The van der Waals surface area contributed by atoms with E-state index in [0.29, 0.717) is 26.2 Å². The van der Waals surface area contributed by atoms with E-state index in [4.69, 9.17) is 4.74 Å². The van der Waals surface area contributed by atoms with Crippen molar-refractivity contribution in [2.75, 3.05) is 40.3 Å². The smallest absolute Gasteiger partial charge is 0.237 e. The van der Waals surface area contributed by atoms with Crippen molar-refractivity contribution < 1.29 is 14.3 Å². The lowest BCUT2D eigenvalue weighted by atomic mass is 10.1. The van der Waals surface area contributed by atoms with Gasteiger partial charge in [0, 0.05) is 52.0 Å². The molecule has 1 aliphatic heterocycles. The Balaban J connectivity index is 1.57. The average molecular weight is 426 g/mol. The molecule has 2 aromatic rings. The molecule has 0 saturated carbocycles. The van der Waals surface area contributed by atoms with Crippen molar-refractivity contribution >= 4 is 17.9 Å². The first kappa shape index (κ1) is 22.6. The molecule has 0 bridgehead atoms. The van der Waals surface area contributed by atoms with Gasteiger partial charge in [-0.2, -0.15) is 5.10 Å². The Morgan fingerprint density at radius 1 is 1.39 bits per heavy atom. The van der Waals surface area contributed by atoms with Crippen LogP contribution < -0.4 is 10.1 Å². The van der Waals surface area contributed by atoms with Crippen molar-refractivity contribution in [3.8, 4) is 5.75 Å². The van der Waals surface area contributed by atoms with E-state index in [9.17, 15) is 9.59 Å². The summed E-state index contributed by atoms with van der Waals surface area (Å²) in [7, 11) is 5.30. The van der Waals surface area contributed by atoms with Gasteiger partial charge in [-0.05, 0) is 18.1 Å². The van der Waals surface area contributed by atoms with Crippen molar-refractivity contribution in [1.82, 2.24) is 24.9 Å². The number of hydrogen-bond donors (Lipinski definition) is 1. The van der Waals surface area contributed by atoms with Gasteiger partial charge in [-0.25, -0.2) is 0 Å². The first-order valence-electron chi connectivity index (χ1n) is 10.5. The molecule has 0 spiro atoms. The van der Waals surface area contributed by atoms with Crippen molar-refractivity contribution in [1.29, 1.82) is 0 Å². The quantitative estimate of drug-likeness (QED) is 0.656. The number of methoxy groups -OCH3 is 1. The molecule has 31 heavy (non-hydrogen) atoms. The normalized spacial score (nSPS) is 17.0. The maximum absolute atomic E-state index is 12.8. The molecule has 1 fully saturated rings. The molecule has 0 aliphatic carbocycles. The van der Waals surface area contributed by atoms with Crippen LogP contribution in [-0.4, -0.2) is 77.8 Å². The standard InChI is InChI=1S/C23H31N5O3/c1-26(13-10-18-16-25-27(2)17-18)22(29)15-20-23(30)24-11-14-28(20)12-6-8-19-7-4-5-9-21(19)31-3/h4-9,16-17,20H,10-15H2,1-3H3,(H,24,30)/b8-6+. The van der Waals surface area contributed by atoms with Crippen LogP contribution in [0.1, 0.15) is 17.5 Å². The van der Waals surface area contributed by atoms with Gasteiger partial charge in [-0.1, -0.05) is 30.4 Å². The van der Waals surface area contributed by atoms with E-state index in [0.717, 1.165) is 23.3 Å². The van der Waals surface area contributed by atoms with Crippen molar-refractivity contribution in [3.63, 3.8) is 0 Å². The molecule has 8 heteroatoms. The third kappa shape index (κ3) is 6.18. The number of aryl methyl sites for hydroxylation is 1. The fourth-order valence-electron chi connectivity index (χ4n) is 3.67. The molecule has 1 unspecified atom stereocenters. The number of amides is 2. The van der Waals surface area contributed by atoms with Gasteiger partial charge >= 0.3 is 0 Å². The van der Waals surface area contributed by atoms with Crippen LogP contribution in [0.3, 0.4) is 0 Å². The molecule has 2 heterocycles. The Hall–Kier alpha value is -3.13. The van der Waals surface area contributed by atoms with Crippen LogP contribution in [0.15, 0.2) is 42.7 Å². The average Bonchev–Trinajstić information content (AvgIpc) is 3.19. The van der Waals surface area contributed by atoms with E-state index in [1.54, 1.807) is 23.7 Å². The zero-order valence-electron chi connectivity index (χ0n) is 18.5. The molecule has 1 N–H and O–H groups in total. The van der Waals surface area contributed by atoms with Crippen molar-refractivity contribution in [3.05, 3.63) is 53.9 Å². The highest BCUT2D eigenvalue weighted by Crippen LogP contribution is 2.19. The Bertz CT molecular complexity index is 923. The van der Waals surface area contributed by atoms with Crippen LogP contribution in [0.5, 0.6) is 5.75 Å². The molecule has 1 saturated heterocycles. The number of carbonyl (C=O) groups is 2. The first-order valence-corrected chi connectivity index (χ1v) is 10.5. The van der Waals surface area contributed by atoms with Crippen LogP contribution in [0.2, 0.25) is 0 Å². The van der Waals surface area contributed by atoms with E-state index in [2.05, 4.69) is 15.3 Å². The molecule has 0 radical (unpaired) electrons. The molecule has 3 rings (SSSR count). The Labute approximate surface area is 183 Å². The SMILES string of the molecule is COc1ccccc1/C=C/CN1CCNC(=O)C1CC(=O)N(C)CCc1cnn(C)c1. The van der Waals surface area contributed by atoms with E-state index in [1.807, 2.05) is 55.9 Å². The molecule has 8 nitrogen and oxygen atoms in total. The molecular formula is C23H31N5O3. The maximum atomic E-state index is 12.8. The number of nitrogens with zero attached hydrogens (tertiary/aromatic N) is 4. The molecule has 1 aromatic heterocycles. The predicted octanol–water partition coefficient (Wildman–Crippen LogP) is 1.33. The fraction of sp³-hybridized carbons (Fsp3) is 0.435. The molecular weight excluding hydrogens is 394 g/mol. The van der Waals surface area contributed by atoms with Gasteiger partial charge in [0.1, 0.15) is 5.75 Å². The number of aromatic nitrogens is 2. The minimum Gasteiger partial charge on any atom is -0.496 e. The summed E-state index contributed by atoms with van der Waals surface area (Å²) in [6.07, 6.45) is 8.66. The number of rotatable bonds is 9. The van der Waals surface area contributed by atoms with Crippen LogP contribution in [0, 0.1) is 0 Å². The zero-order valence-corrected chi connectivity index (χ0v) is 18.5. The minimum absolute atomic E-state index is 0.0374. The largest absolute Gasteiger partial charge is 0.496 e. The number of carbonyl (C=O) groups excluding carboxylic acids is 2. The third-order valence-electron chi connectivity index (χ3n) is 5.51. The number of hydrogen-bond acceptors (Lipinski definition) is 5. The zero-order chi connectivity index (χ0) is 22.2.